The number of ether oxygens (including phenoxy) is 2. The van der Waals surface area contributed by atoms with Crippen LogP contribution in [0.3, 0.4) is 0 Å². The normalized spacial score (nSPS) is 10.6. The van der Waals surface area contributed by atoms with Gasteiger partial charge in [-0.1, -0.05) is 30.3 Å². The third-order valence-electron chi connectivity index (χ3n) is 3.86. The summed E-state index contributed by atoms with van der Waals surface area (Å²) in [5, 5.41) is 3.29. The lowest BCUT2D eigenvalue weighted by Gasteiger charge is -2.21. The first-order chi connectivity index (χ1) is 12.2. The van der Waals surface area contributed by atoms with Crippen molar-refractivity contribution in [2.75, 3.05) is 19.5 Å². The molecule has 1 heterocycles. The Hall–Kier alpha value is -3.08. The Bertz CT molecular complexity index is 807. The number of nitrogens with zero attached hydrogens (tertiary/aromatic N) is 1. The highest BCUT2D eigenvalue weighted by molar-refractivity contribution is 5.47. The second-order valence-corrected chi connectivity index (χ2v) is 5.48. The molecule has 0 bridgehead atoms. The molecule has 1 aromatic heterocycles. The van der Waals surface area contributed by atoms with Crippen LogP contribution in [0.5, 0.6) is 11.5 Å². The van der Waals surface area contributed by atoms with Gasteiger partial charge in [-0.25, -0.2) is 4.98 Å². The molecule has 0 spiro atoms. The number of hydrogen-bond acceptors (Lipinski definition) is 4. The van der Waals surface area contributed by atoms with Crippen molar-refractivity contribution in [3.05, 3.63) is 83.8 Å². The van der Waals surface area contributed by atoms with Crippen LogP contribution in [0.15, 0.2) is 66.7 Å². The van der Waals surface area contributed by atoms with Gasteiger partial charge < -0.3 is 14.8 Å². The summed E-state index contributed by atoms with van der Waals surface area (Å²) in [6.07, 6.45) is 0. The van der Waals surface area contributed by atoms with Crippen molar-refractivity contribution in [3.63, 3.8) is 0 Å². The number of nitrogens with one attached hydrogen (secondary N) is 1. The van der Waals surface area contributed by atoms with Crippen molar-refractivity contribution in [3.8, 4) is 11.5 Å². The molecule has 0 amide bonds. The van der Waals surface area contributed by atoms with Gasteiger partial charge >= 0.3 is 0 Å². The van der Waals surface area contributed by atoms with Crippen LogP contribution in [0, 0.1) is 5.95 Å². The SMILES string of the molecule is COc1cccc(C(Nc2cccc(F)n2)c2cccc(OC)c2)c1. The molecule has 0 unspecified atom stereocenters. The van der Waals surface area contributed by atoms with Gasteiger partial charge in [0, 0.05) is 0 Å². The summed E-state index contributed by atoms with van der Waals surface area (Å²) < 4.78 is 24.1. The van der Waals surface area contributed by atoms with Crippen molar-refractivity contribution in [2.24, 2.45) is 0 Å². The Morgan fingerprint density at radius 3 is 1.92 bits per heavy atom. The maximum Gasteiger partial charge on any atom is 0.214 e. The molecule has 0 saturated heterocycles. The Morgan fingerprint density at radius 2 is 1.40 bits per heavy atom. The van der Waals surface area contributed by atoms with Crippen molar-refractivity contribution in [2.45, 2.75) is 6.04 Å². The minimum atomic E-state index is -0.528. The maximum absolute atomic E-state index is 13.5. The number of methoxy groups -OCH3 is 2. The van der Waals surface area contributed by atoms with E-state index in [2.05, 4.69) is 10.3 Å². The molecule has 0 aliphatic carbocycles. The average Bonchev–Trinajstić information content (AvgIpc) is 2.66. The van der Waals surface area contributed by atoms with Gasteiger partial charge in [0.15, 0.2) is 0 Å². The lowest BCUT2D eigenvalue weighted by Crippen LogP contribution is -2.14. The molecule has 0 atom stereocenters. The van der Waals surface area contributed by atoms with Gasteiger partial charge in [-0.05, 0) is 47.5 Å². The molecule has 128 valence electrons. The van der Waals surface area contributed by atoms with Crippen LogP contribution in [0.25, 0.3) is 0 Å². The third kappa shape index (κ3) is 4.07. The molecule has 25 heavy (non-hydrogen) atoms. The van der Waals surface area contributed by atoms with Crippen LogP contribution < -0.4 is 14.8 Å². The van der Waals surface area contributed by atoms with Gasteiger partial charge in [0.25, 0.3) is 0 Å². The van der Waals surface area contributed by atoms with E-state index in [-0.39, 0.29) is 6.04 Å². The number of aromatic nitrogens is 1. The van der Waals surface area contributed by atoms with E-state index in [1.165, 1.54) is 6.07 Å². The van der Waals surface area contributed by atoms with E-state index in [4.69, 9.17) is 9.47 Å². The minimum Gasteiger partial charge on any atom is -0.497 e. The standard InChI is InChI=1S/C20H19FN2O2/c1-24-16-8-3-6-14(12-16)20(15-7-4-9-17(13-15)25-2)23-19-11-5-10-18(21)22-19/h3-13,20H,1-2H3,(H,22,23). The minimum absolute atomic E-state index is 0.237. The first-order valence-electron chi connectivity index (χ1n) is 7.86. The lowest BCUT2D eigenvalue weighted by molar-refractivity contribution is 0.413. The molecule has 3 rings (SSSR count). The van der Waals surface area contributed by atoms with E-state index in [9.17, 15) is 4.39 Å². The van der Waals surface area contributed by atoms with Gasteiger partial charge in [0.1, 0.15) is 17.3 Å². The fourth-order valence-corrected chi connectivity index (χ4v) is 2.64. The van der Waals surface area contributed by atoms with Crippen molar-refractivity contribution in [1.82, 2.24) is 4.98 Å². The predicted molar refractivity (Wildman–Crippen MR) is 95.6 cm³/mol. The Balaban J connectivity index is 2.03. The highest BCUT2D eigenvalue weighted by Gasteiger charge is 2.16. The zero-order valence-electron chi connectivity index (χ0n) is 14.1. The van der Waals surface area contributed by atoms with E-state index >= 15 is 0 Å². The zero-order chi connectivity index (χ0) is 17.6. The average molecular weight is 338 g/mol. The summed E-state index contributed by atoms with van der Waals surface area (Å²) in [6.45, 7) is 0. The number of pyridine rings is 1. The summed E-state index contributed by atoms with van der Waals surface area (Å²) in [5.74, 6) is 1.43. The molecule has 0 radical (unpaired) electrons. The van der Waals surface area contributed by atoms with Crippen LogP contribution >= 0.6 is 0 Å². The Labute approximate surface area is 146 Å². The summed E-state index contributed by atoms with van der Waals surface area (Å²) in [5.41, 5.74) is 1.94. The van der Waals surface area contributed by atoms with Gasteiger partial charge in [-0.15, -0.1) is 0 Å². The molecular weight excluding hydrogens is 319 g/mol. The van der Waals surface area contributed by atoms with E-state index in [1.807, 2.05) is 48.5 Å². The largest absolute Gasteiger partial charge is 0.497 e. The van der Waals surface area contributed by atoms with E-state index in [1.54, 1.807) is 26.4 Å². The first-order valence-corrected chi connectivity index (χ1v) is 7.86. The Kier molecular flexibility index (Phi) is 5.14. The quantitative estimate of drug-likeness (QED) is 0.675. The van der Waals surface area contributed by atoms with E-state index < -0.39 is 5.95 Å². The molecule has 0 fully saturated rings. The number of halogens is 1. The van der Waals surface area contributed by atoms with Crippen LogP contribution in [0.4, 0.5) is 10.2 Å². The van der Waals surface area contributed by atoms with Gasteiger partial charge in [-0.3, -0.25) is 0 Å². The van der Waals surface area contributed by atoms with Crippen molar-refractivity contribution >= 4 is 5.82 Å². The molecule has 5 heteroatoms. The number of hydrogen-bond donors (Lipinski definition) is 1. The second-order valence-electron chi connectivity index (χ2n) is 5.48. The summed E-state index contributed by atoms with van der Waals surface area (Å²) in [7, 11) is 3.25. The molecule has 3 aromatic rings. The van der Waals surface area contributed by atoms with Crippen LogP contribution in [-0.4, -0.2) is 19.2 Å². The van der Waals surface area contributed by atoms with Crippen LogP contribution in [0.2, 0.25) is 0 Å². The topological polar surface area (TPSA) is 43.4 Å². The molecule has 0 aliphatic heterocycles. The van der Waals surface area contributed by atoms with Gasteiger partial charge in [-0.2, -0.15) is 4.39 Å². The summed E-state index contributed by atoms with van der Waals surface area (Å²) in [6, 6.07) is 19.9. The fourth-order valence-electron chi connectivity index (χ4n) is 2.64. The summed E-state index contributed by atoms with van der Waals surface area (Å²) >= 11 is 0. The maximum atomic E-state index is 13.5. The zero-order valence-corrected chi connectivity index (χ0v) is 14.1. The van der Waals surface area contributed by atoms with Crippen molar-refractivity contribution < 1.29 is 13.9 Å². The van der Waals surface area contributed by atoms with E-state index in [0.717, 1.165) is 22.6 Å². The molecule has 0 aliphatic rings. The predicted octanol–water partition coefficient (Wildman–Crippen LogP) is 4.44. The lowest BCUT2D eigenvalue weighted by atomic mass is 9.98. The molecule has 1 N–H and O–H groups in total. The van der Waals surface area contributed by atoms with Gasteiger partial charge in [0.05, 0.1) is 20.3 Å². The molecule has 2 aromatic carbocycles. The first kappa shape index (κ1) is 16.8. The van der Waals surface area contributed by atoms with Crippen LogP contribution in [0.1, 0.15) is 17.2 Å². The highest BCUT2D eigenvalue weighted by Crippen LogP contribution is 2.30. The smallest absolute Gasteiger partial charge is 0.214 e. The molecular formula is C20H19FN2O2. The Morgan fingerprint density at radius 1 is 0.840 bits per heavy atom. The second kappa shape index (κ2) is 7.66. The van der Waals surface area contributed by atoms with Crippen molar-refractivity contribution in [1.29, 1.82) is 0 Å². The molecule has 4 nitrogen and oxygen atoms in total. The van der Waals surface area contributed by atoms with E-state index in [0.29, 0.717) is 5.82 Å². The van der Waals surface area contributed by atoms with Crippen LogP contribution in [-0.2, 0) is 0 Å². The fraction of sp³-hybridized carbons (Fsp3) is 0.150. The number of anilines is 1. The molecule has 0 saturated carbocycles. The summed E-state index contributed by atoms with van der Waals surface area (Å²) in [4.78, 5) is 3.91. The monoisotopic (exact) mass is 338 g/mol. The number of benzene rings is 2. The third-order valence-corrected chi connectivity index (χ3v) is 3.86. The number of rotatable bonds is 6. The van der Waals surface area contributed by atoms with Gasteiger partial charge in [0.2, 0.25) is 5.95 Å². The highest BCUT2D eigenvalue weighted by atomic mass is 19.1.